The van der Waals surface area contributed by atoms with E-state index in [-0.39, 0.29) is 11.8 Å². The van der Waals surface area contributed by atoms with E-state index in [1.165, 1.54) is 5.69 Å². The van der Waals surface area contributed by atoms with Crippen molar-refractivity contribution >= 4 is 22.5 Å². The first-order chi connectivity index (χ1) is 13.0. The van der Waals surface area contributed by atoms with E-state index < -0.39 is 0 Å². The Hall–Kier alpha value is -2.89. The number of anilines is 1. The summed E-state index contributed by atoms with van der Waals surface area (Å²) >= 11 is 0. The Morgan fingerprint density at radius 2 is 2.00 bits per heavy atom. The SMILES string of the molecule is Cc1[nH]ncc1-c1ccc2nccc(N3CCC(C(=O)N(C)C)CC3)c2c1. The molecule has 1 N–H and O–H groups in total. The lowest BCUT2D eigenvalue weighted by atomic mass is 9.94. The van der Waals surface area contributed by atoms with Crippen molar-refractivity contribution in [1.29, 1.82) is 0 Å². The summed E-state index contributed by atoms with van der Waals surface area (Å²) in [7, 11) is 3.68. The van der Waals surface area contributed by atoms with Gasteiger partial charge in [-0.3, -0.25) is 14.9 Å². The quantitative estimate of drug-likeness (QED) is 0.776. The second-order valence-corrected chi connectivity index (χ2v) is 7.46. The molecule has 0 unspecified atom stereocenters. The van der Waals surface area contributed by atoms with Gasteiger partial charge in [-0.2, -0.15) is 5.10 Å². The van der Waals surface area contributed by atoms with Crippen LogP contribution in [0.5, 0.6) is 0 Å². The average Bonchev–Trinajstić information content (AvgIpc) is 3.12. The molecule has 1 fully saturated rings. The van der Waals surface area contributed by atoms with E-state index in [9.17, 15) is 4.79 Å². The molecule has 4 rings (SSSR count). The number of carbonyl (C=O) groups is 1. The summed E-state index contributed by atoms with van der Waals surface area (Å²) in [5.74, 6) is 0.375. The van der Waals surface area contributed by atoms with E-state index in [4.69, 9.17) is 0 Å². The van der Waals surface area contributed by atoms with Crippen molar-refractivity contribution in [2.75, 3.05) is 32.1 Å². The Morgan fingerprint density at radius 1 is 1.22 bits per heavy atom. The van der Waals surface area contributed by atoms with Gasteiger partial charge in [0, 0.05) is 61.6 Å². The van der Waals surface area contributed by atoms with Crippen LogP contribution in [0, 0.1) is 12.8 Å². The molecule has 1 saturated heterocycles. The number of hydrogen-bond donors (Lipinski definition) is 1. The summed E-state index contributed by atoms with van der Waals surface area (Å²) in [6.45, 7) is 3.81. The molecule has 0 atom stereocenters. The number of carbonyl (C=O) groups excluding carboxylic acids is 1. The summed E-state index contributed by atoms with van der Waals surface area (Å²) in [5.41, 5.74) is 5.49. The van der Waals surface area contributed by atoms with Crippen LogP contribution in [0.15, 0.2) is 36.7 Å². The molecule has 0 aliphatic carbocycles. The van der Waals surface area contributed by atoms with Crippen molar-refractivity contribution < 1.29 is 4.79 Å². The van der Waals surface area contributed by atoms with Gasteiger partial charge in [0.25, 0.3) is 0 Å². The Balaban J connectivity index is 1.64. The maximum absolute atomic E-state index is 12.2. The number of amides is 1. The minimum atomic E-state index is 0.133. The highest BCUT2D eigenvalue weighted by Crippen LogP contribution is 2.33. The van der Waals surface area contributed by atoms with Crippen LogP contribution in [-0.4, -0.2) is 53.2 Å². The summed E-state index contributed by atoms with van der Waals surface area (Å²) < 4.78 is 0. The molecule has 3 heterocycles. The molecular formula is C21H25N5O. The lowest BCUT2D eigenvalue weighted by molar-refractivity contribution is -0.133. The fraction of sp³-hybridized carbons (Fsp3) is 0.381. The normalized spacial score (nSPS) is 15.3. The van der Waals surface area contributed by atoms with E-state index in [2.05, 4.69) is 44.3 Å². The Bertz CT molecular complexity index is 970. The maximum atomic E-state index is 12.2. The number of fused-ring (bicyclic) bond motifs is 1. The minimum absolute atomic E-state index is 0.133. The van der Waals surface area contributed by atoms with E-state index in [0.717, 1.165) is 53.7 Å². The second kappa shape index (κ2) is 7.02. The van der Waals surface area contributed by atoms with E-state index >= 15 is 0 Å². The smallest absolute Gasteiger partial charge is 0.225 e. The number of aryl methyl sites for hydroxylation is 1. The Kier molecular flexibility index (Phi) is 4.56. The van der Waals surface area contributed by atoms with Gasteiger partial charge in [0.05, 0.1) is 11.7 Å². The molecule has 0 bridgehead atoms. The van der Waals surface area contributed by atoms with Crippen LogP contribution in [-0.2, 0) is 4.79 Å². The Morgan fingerprint density at radius 3 is 2.67 bits per heavy atom. The van der Waals surface area contributed by atoms with Gasteiger partial charge in [-0.1, -0.05) is 6.07 Å². The predicted octanol–water partition coefficient (Wildman–Crippen LogP) is 3.24. The average molecular weight is 363 g/mol. The molecule has 3 aromatic rings. The number of piperidine rings is 1. The van der Waals surface area contributed by atoms with Gasteiger partial charge < -0.3 is 9.80 Å². The molecule has 1 amide bonds. The third kappa shape index (κ3) is 3.27. The van der Waals surface area contributed by atoms with Gasteiger partial charge in [-0.25, -0.2) is 0 Å². The largest absolute Gasteiger partial charge is 0.371 e. The summed E-state index contributed by atoms with van der Waals surface area (Å²) in [5, 5.41) is 8.29. The molecule has 1 aliphatic rings. The molecule has 1 aromatic carbocycles. The van der Waals surface area contributed by atoms with Crippen molar-refractivity contribution in [3.63, 3.8) is 0 Å². The molecule has 27 heavy (non-hydrogen) atoms. The highest BCUT2D eigenvalue weighted by Gasteiger charge is 2.26. The summed E-state index contributed by atoms with van der Waals surface area (Å²) in [4.78, 5) is 20.9. The first-order valence-electron chi connectivity index (χ1n) is 9.40. The second-order valence-electron chi connectivity index (χ2n) is 7.46. The molecule has 0 saturated carbocycles. The van der Waals surface area contributed by atoms with Crippen LogP contribution in [0.2, 0.25) is 0 Å². The third-order valence-corrected chi connectivity index (χ3v) is 5.49. The lowest BCUT2D eigenvalue weighted by Gasteiger charge is -2.34. The van der Waals surface area contributed by atoms with Crippen LogP contribution in [0.1, 0.15) is 18.5 Å². The molecule has 140 valence electrons. The summed E-state index contributed by atoms with van der Waals surface area (Å²) in [6, 6.07) is 8.46. The van der Waals surface area contributed by atoms with Crippen LogP contribution in [0.4, 0.5) is 5.69 Å². The standard InChI is InChI=1S/C21H25N5O/c1-14-18(13-23-24-14)16-4-5-19-17(12-16)20(6-9-22-19)26-10-7-15(8-11-26)21(27)25(2)3/h4-6,9,12-13,15H,7-8,10-11H2,1-3H3,(H,23,24). The Labute approximate surface area is 159 Å². The first-order valence-corrected chi connectivity index (χ1v) is 9.40. The van der Waals surface area contributed by atoms with Gasteiger partial charge in [-0.05, 0) is 43.5 Å². The first kappa shape index (κ1) is 17.5. The van der Waals surface area contributed by atoms with Crippen molar-refractivity contribution in [2.24, 2.45) is 5.92 Å². The fourth-order valence-electron chi connectivity index (χ4n) is 3.95. The van der Waals surface area contributed by atoms with Crippen LogP contribution < -0.4 is 4.90 Å². The van der Waals surface area contributed by atoms with E-state index in [1.54, 1.807) is 4.90 Å². The predicted molar refractivity (Wildman–Crippen MR) is 108 cm³/mol. The van der Waals surface area contributed by atoms with Crippen molar-refractivity contribution in [1.82, 2.24) is 20.1 Å². The number of nitrogens with zero attached hydrogens (tertiary/aromatic N) is 4. The van der Waals surface area contributed by atoms with Crippen molar-refractivity contribution in [3.8, 4) is 11.1 Å². The zero-order valence-electron chi connectivity index (χ0n) is 16.1. The number of rotatable bonds is 3. The van der Waals surface area contributed by atoms with Crippen LogP contribution in [0.25, 0.3) is 22.0 Å². The van der Waals surface area contributed by atoms with Gasteiger partial charge >= 0.3 is 0 Å². The zero-order valence-corrected chi connectivity index (χ0v) is 16.1. The minimum Gasteiger partial charge on any atom is -0.371 e. The van der Waals surface area contributed by atoms with Gasteiger partial charge in [0.1, 0.15) is 0 Å². The van der Waals surface area contributed by atoms with Crippen LogP contribution in [0.3, 0.4) is 0 Å². The molecule has 2 aromatic heterocycles. The van der Waals surface area contributed by atoms with Crippen molar-refractivity contribution in [2.45, 2.75) is 19.8 Å². The number of aromatic nitrogens is 3. The number of aromatic amines is 1. The van der Waals surface area contributed by atoms with Crippen molar-refractivity contribution in [3.05, 3.63) is 42.4 Å². The molecule has 6 heteroatoms. The molecule has 1 aliphatic heterocycles. The molecular weight excluding hydrogens is 338 g/mol. The maximum Gasteiger partial charge on any atom is 0.225 e. The molecule has 0 spiro atoms. The van der Waals surface area contributed by atoms with E-state index in [1.807, 2.05) is 33.4 Å². The van der Waals surface area contributed by atoms with Gasteiger partial charge in [0.2, 0.25) is 5.91 Å². The fourth-order valence-corrected chi connectivity index (χ4v) is 3.95. The third-order valence-electron chi connectivity index (χ3n) is 5.49. The summed E-state index contributed by atoms with van der Waals surface area (Å²) in [6.07, 6.45) is 5.52. The zero-order chi connectivity index (χ0) is 19.0. The van der Waals surface area contributed by atoms with Crippen LogP contribution >= 0.6 is 0 Å². The molecule has 6 nitrogen and oxygen atoms in total. The topological polar surface area (TPSA) is 65.1 Å². The number of benzene rings is 1. The van der Waals surface area contributed by atoms with Gasteiger partial charge in [-0.15, -0.1) is 0 Å². The number of H-pyrrole nitrogens is 1. The van der Waals surface area contributed by atoms with Gasteiger partial charge in [0.15, 0.2) is 0 Å². The highest BCUT2D eigenvalue weighted by molar-refractivity contribution is 5.95. The number of hydrogen-bond acceptors (Lipinski definition) is 4. The monoisotopic (exact) mass is 363 g/mol. The number of nitrogens with one attached hydrogen (secondary N) is 1. The highest BCUT2D eigenvalue weighted by atomic mass is 16.2. The lowest BCUT2D eigenvalue weighted by Crippen LogP contribution is -2.40. The molecule has 0 radical (unpaired) electrons. The van der Waals surface area contributed by atoms with E-state index in [0.29, 0.717) is 0 Å². The number of pyridine rings is 1.